The molecule has 0 aliphatic heterocycles. The fourth-order valence-electron chi connectivity index (χ4n) is 4.05. The van der Waals surface area contributed by atoms with Crippen LogP contribution >= 0.6 is 0 Å². The largest absolute Gasteiger partial charge is 0.516 e. The maximum atomic E-state index is 13.3. The van der Waals surface area contributed by atoms with Crippen molar-refractivity contribution in [2.24, 2.45) is 0 Å². The van der Waals surface area contributed by atoms with E-state index in [1.54, 1.807) is 29.2 Å². The SMILES string of the molecule is C=C/C(=C\C=C\O)CC(NC(=O)c1cc(C)cc(C(=O)N(CCC)CCC)c1)C(O)C(O)CCCC#N. The van der Waals surface area contributed by atoms with Crippen molar-refractivity contribution in [1.82, 2.24) is 10.2 Å². The third-order valence-corrected chi connectivity index (χ3v) is 5.89. The first kappa shape index (κ1) is 31.6. The number of unbranched alkanes of at least 4 members (excludes halogenated alkanes) is 1. The molecule has 3 atom stereocenters. The lowest BCUT2D eigenvalue weighted by Gasteiger charge is -2.28. The van der Waals surface area contributed by atoms with Crippen LogP contribution in [0, 0.1) is 18.3 Å². The molecule has 0 aliphatic rings. The van der Waals surface area contributed by atoms with Crippen molar-refractivity contribution in [3.63, 3.8) is 0 Å². The predicted molar refractivity (Wildman–Crippen MR) is 145 cm³/mol. The first-order valence-corrected chi connectivity index (χ1v) is 12.8. The van der Waals surface area contributed by atoms with E-state index in [1.807, 2.05) is 26.8 Å². The van der Waals surface area contributed by atoms with Gasteiger partial charge >= 0.3 is 0 Å². The highest BCUT2D eigenvalue weighted by atomic mass is 16.3. The summed E-state index contributed by atoms with van der Waals surface area (Å²) in [6, 6.07) is 6.09. The number of aliphatic hydroxyl groups excluding tert-OH is 3. The van der Waals surface area contributed by atoms with Gasteiger partial charge in [0.05, 0.1) is 24.5 Å². The van der Waals surface area contributed by atoms with Crippen molar-refractivity contribution < 1.29 is 24.9 Å². The van der Waals surface area contributed by atoms with Crippen LogP contribution in [0.25, 0.3) is 0 Å². The minimum atomic E-state index is -1.32. The lowest BCUT2D eigenvalue weighted by Crippen LogP contribution is -2.48. The molecule has 0 aliphatic carbocycles. The number of nitriles is 1. The predicted octanol–water partition coefficient (Wildman–Crippen LogP) is 4.35. The molecule has 2 amide bonds. The Morgan fingerprint density at radius 2 is 1.81 bits per heavy atom. The Morgan fingerprint density at radius 3 is 2.38 bits per heavy atom. The lowest BCUT2D eigenvalue weighted by atomic mass is 9.94. The smallest absolute Gasteiger partial charge is 0.253 e. The molecule has 8 heteroatoms. The molecule has 1 aromatic carbocycles. The van der Waals surface area contributed by atoms with E-state index in [2.05, 4.69) is 11.9 Å². The van der Waals surface area contributed by atoms with Crippen LogP contribution < -0.4 is 5.32 Å². The summed E-state index contributed by atoms with van der Waals surface area (Å²) in [6.07, 6.45) is 5.51. The Bertz CT molecular complexity index is 990. The van der Waals surface area contributed by atoms with E-state index in [0.29, 0.717) is 30.6 Å². The maximum absolute atomic E-state index is 13.3. The van der Waals surface area contributed by atoms with E-state index in [9.17, 15) is 19.8 Å². The van der Waals surface area contributed by atoms with Gasteiger partial charge in [-0.1, -0.05) is 32.6 Å². The average Bonchev–Trinajstić information content (AvgIpc) is 2.88. The number of hydrogen-bond acceptors (Lipinski definition) is 6. The fourth-order valence-corrected chi connectivity index (χ4v) is 4.05. The third-order valence-electron chi connectivity index (χ3n) is 5.89. The van der Waals surface area contributed by atoms with Crippen LogP contribution in [0.2, 0.25) is 0 Å². The highest BCUT2D eigenvalue weighted by Gasteiger charge is 2.29. The Hall–Kier alpha value is -3.41. The average molecular weight is 512 g/mol. The van der Waals surface area contributed by atoms with Crippen LogP contribution in [0.4, 0.5) is 0 Å². The number of aryl methyl sites for hydroxylation is 1. The molecular formula is C29H41N3O5. The van der Waals surface area contributed by atoms with E-state index < -0.39 is 24.2 Å². The Labute approximate surface area is 220 Å². The van der Waals surface area contributed by atoms with Crippen molar-refractivity contribution in [2.75, 3.05) is 13.1 Å². The summed E-state index contributed by atoms with van der Waals surface area (Å²) in [7, 11) is 0. The van der Waals surface area contributed by atoms with Crippen molar-refractivity contribution in [3.8, 4) is 6.07 Å². The number of nitrogens with zero attached hydrogens (tertiary/aromatic N) is 2. The molecule has 0 fully saturated rings. The van der Waals surface area contributed by atoms with Gasteiger partial charge in [0, 0.05) is 30.6 Å². The van der Waals surface area contributed by atoms with Gasteiger partial charge < -0.3 is 25.5 Å². The van der Waals surface area contributed by atoms with Crippen molar-refractivity contribution in [1.29, 1.82) is 5.26 Å². The molecular weight excluding hydrogens is 470 g/mol. The molecule has 3 unspecified atom stereocenters. The van der Waals surface area contributed by atoms with Crippen LogP contribution in [0.3, 0.4) is 0 Å². The van der Waals surface area contributed by atoms with Gasteiger partial charge in [-0.2, -0.15) is 5.26 Å². The summed E-state index contributed by atoms with van der Waals surface area (Å²) >= 11 is 0. The molecule has 0 saturated heterocycles. The van der Waals surface area contributed by atoms with Crippen molar-refractivity contribution in [2.45, 2.75) is 77.5 Å². The van der Waals surface area contributed by atoms with E-state index in [-0.39, 0.29) is 30.7 Å². The highest BCUT2D eigenvalue weighted by Crippen LogP contribution is 2.18. The van der Waals surface area contributed by atoms with Crippen molar-refractivity contribution >= 4 is 11.8 Å². The van der Waals surface area contributed by atoms with Gasteiger partial charge in [-0.25, -0.2) is 0 Å². The molecule has 37 heavy (non-hydrogen) atoms. The van der Waals surface area contributed by atoms with Crippen molar-refractivity contribution in [3.05, 3.63) is 71.5 Å². The quantitative estimate of drug-likeness (QED) is 0.148. The van der Waals surface area contributed by atoms with Crippen LogP contribution in [-0.2, 0) is 0 Å². The molecule has 0 aromatic heterocycles. The molecule has 1 rings (SSSR count). The number of rotatable bonds is 16. The first-order chi connectivity index (χ1) is 17.7. The summed E-state index contributed by atoms with van der Waals surface area (Å²) in [6.45, 7) is 10.8. The lowest BCUT2D eigenvalue weighted by molar-refractivity contribution is -0.00772. The number of amides is 2. The number of hydrogen-bond donors (Lipinski definition) is 4. The van der Waals surface area contributed by atoms with E-state index in [4.69, 9.17) is 10.4 Å². The number of aliphatic hydroxyl groups is 3. The second kappa shape index (κ2) is 17.1. The normalized spacial score (nSPS) is 14.0. The second-order valence-corrected chi connectivity index (χ2v) is 9.06. The van der Waals surface area contributed by atoms with Gasteiger partial charge in [0.15, 0.2) is 0 Å². The molecule has 0 radical (unpaired) electrons. The summed E-state index contributed by atoms with van der Waals surface area (Å²) in [5, 5.41) is 42.0. The zero-order valence-corrected chi connectivity index (χ0v) is 22.2. The monoisotopic (exact) mass is 511 g/mol. The summed E-state index contributed by atoms with van der Waals surface area (Å²) in [4.78, 5) is 28.2. The van der Waals surface area contributed by atoms with Crippen LogP contribution in [-0.4, -0.2) is 63.4 Å². The molecule has 0 bridgehead atoms. The summed E-state index contributed by atoms with van der Waals surface area (Å²) in [5.41, 5.74) is 2.05. The number of benzene rings is 1. The first-order valence-electron chi connectivity index (χ1n) is 12.8. The van der Waals surface area contributed by atoms with Crippen LogP contribution in [0.15, 0.2) is 54.8 Å². The Balaban J connectivity index is 3.26. The number of carbonyl (C=O) groups is 2. The zero-order valence-electron chi connectivity index (χ0n) is 22.2. The fraction of sp³-hybridized carbons (Fsp3) is 0.483. The Morgan fingerprint density at radius 1 is 1.16 bits per heavy atom. The Kier molecular flexibility index (Phi) is 14.6. The molecule has 8 nitrogen and oxygen atoms in total. The molecule has 0 spiro atoms. The third kappa shape index (κ3) is 10.6. The van der Waals surface area contributed by atoms with Gasteiger partial charge in [-0.3, -0.25) is 9.59 Å². The van der Waals surface area contributed by atoms with E-state index in [0.717, 1.165) is 24.7 Å². The molecule has 202 valence electrons. The number of allylic oxidation sites excluding steroid dienone is 3. The van der Waals surface area contributed by atoms with Gasteiger partial charge in [0.1, 0.15) is 6.10 Å². The van der Waals surface area contributed by atoms with Gasteiger partial charge in [-0.15, -0.1) is 0 Å². The van der Waals surface area contributed by atoms with Crippen LogP contribution in [0.1, 0.15) is 78.7 Å². The van der Waals surface area contributed by atoms with Crippen LogP contribution in [0.5, 0.6) is 0 Å². The zero-order chi connectivity index (χ0) is 27.8. The minimum Gasteiger partial charge on any atom is -0.516 e. The number of carbonyl (C=O) groups excluding carboxylic acids is 2. The topological polar surface area (TPSA) is 134 Å². The van der Waals surface area contributed by atoms with Gasteiger partial charge in [0.2, 0.25) is 0 Å². The highest BCUT2D eigenvalue weighted by molar-refractivity contribution is 6.00. The van der Waals surface area contributed by atoms with E-state index in [1.165, 1.54) is 12.2 Å². The summed E-state index contributed by atoms with van der Waals surface area (Å²) in [5.74, 6) is -0.636. The second-order valence-electron chi connectivity index (χ2n) is 9.06. The van der Waals surface area contributed by atoms with Gasteiger partial charge in [-0.05, 0) is 74.4 Å². The summed E-state index contributed by atoms with van der Waals surface area (Å²) < 4.78 is 0. The standard InChI is InChI=1S/C29H41N3O5/c1-5-14-32(15-6-2)29(37)24-18-21(4)17-23(20-24)28(36)31-25(19-22(7-3)11-10-16-33)27(35)26(34)12-8-9-13-30/h7,10-11,16-18,20,25-27,33-35H,3,5-6,8-9,12,14-15,19H2,1-2,4H3,(H,31,36)/b16-10+,22-11+. The molecule has 0 saturated carbocycles. The molecule has 0 heterocycles. The molecule has 4 N–H and O–H groups in total. The minimum absolute atomic E-state index is 0.133. The number of nitrogens with one attached hydrogen (secondary N) is 1. The van der Waals surface area contributed by atoms with Gasteiger partial charge in [0.25, 0.3) is 11.8 Å². The maximum Gasteiger partial charge on any atom is 0.253 e. The molecule has 1 aromatic rings. The van der Waals surface area contributed by atoms with E-state index >= 15 is 0 Å².